The molecule has 2 aromatic heterocycles. The van der Waals surface area contributed by atoms with E-state index in [1.807, 2.05) is 6.92 Å². The van der Waals surface area contributed by atoms with Crippen LogP contribution in [0.4, 0.5) is 5.95 Å². The van der Waals surface area contributed by atoms with Gasteiger partial charge in [-0.3, -0.25) is 9.69 Å². The van der Waals surface area contributed by atoms with E-state index >= 15 is 0 Å². The summed E-state index contributed by atoms with van der Waals surface area (Å²) in [5.74, 6) is -0.0723. The van der Waals surface area contributed by atoms with Crippen LogP contribution in [0.2, 0.25) is 0 Å². The molecule has 24 heavy (non-hydrogen) atoms. The van der Waals surface area contributed by atoms with E-state index in [1.54, 1.807) is 18.6 Å². The van der Waals surface area contributed by atoms with E-state index in [4.69, 9.17) is 5.11 Å². The molecule has 9 nitrogen and oxygen atoms in total. The highest BCUT2D eigenvalue weighted by Gasteiger charge is 2.36. The molecule has 0 bridgehead atoms. The van der Waals surface area contributed by atoms with Crippen LogP contribution < -0.4 is 5.32 Å². The number of aromatic amines is 1. The van der Waals surface area contributed by atoms with Crippen molar-refractivity contribution in [2.24, 2.45) is 5.92 Å². The summed E-state index contributed by atoms with van der Waals surface area (Å²) in [4.78, 5) is 21.9. The fourth-order valence-corrected chi connectivity index (χ4v) is 3.19. The number of carboxylic acid groups (broad SMARTS) is 1. The van der Waals surface area contributed by atoms with E-state index in [2.05, 4.69) is 35.6 Å². The topological polar surface area (TPSA) is 120 Å². The first-order valence-electron chi connectivity index (χ1n) is 8.00. The minimum atomic E-state index is -0.784. The maximum absolute atomic E-state index is 11.1. The first-order valence-corrected chi connectivity index (χ1v) is 8.00. The summed E-state index contributed by atoms with van der Waals surface area (Å²) in [5.41, 5.74) is 1.83. The average molecular weight is 331 g/mol. The average Bonchev–Trinajstić information content (AvgIpc) is 3.19. The zero-order valence-corrected chi connectivity index (χ0v) is 13.5. The van der Waals surface area contributed by atoms with Crippen LogP contribution in [0, 0.1) is 5.92 Å². The van der Waals surface area contributed by atoms with Gasteiger partial charge in [-0.2, -0.15) is 15.4 Å². The Balaban J connectivity index is 1.67. The first kappa shape index (κ1) is 16.3. The van der Waals surface area contributed by atoms with Gasteiger partial charge in [0, 0.05) is 50.1 Å². The number of nitrogens with one attached hydrogen (secondary N) is 2. The number of carboxylic acids is 1. The van der Waals surface area contributed by atoms with Gasteiger partial charge in [-0.15, -0.1) is 0 Å². The number of nitrogens with zero attached hydrogens (tertiary/aromatic N) is 5. The predicted molar refractivity (Wildman–Crippen MR) is 86.3 cm³/mol. The second-order valence-electron chi connectivity index (χ2n) is 6.00. The van der Waals surface area contributed by atoms with Crippen LogP contribution in [0.25, 0.3) is 0 Å². The van der Waals surface area contributed by atoms with Gasteiger partial charge in [-0.05, 0) is 12.8 Å². The molecule has 1 fully saturated rings. The van der Waals surface area contributed by atoms with Gasteiger partial charge in [0.15, 0.2) is 0 Å². The van der Waals surface area contributed by atoms with Crippen LogP contribution in [0.15, 0.2) is 18.6 Å². The molecule has 0 aliphatic carbocycles. The van der Waals surface area contributed by atoms with Gasteiger partial charge in [0.25, 0.3) is 0 Å². The third-order valence-corrected chi connectivity index (χ3v) is 4.21. The lowest BCUT2D eigenvalue weighted by atomic mass is 9.91. The molecular formula is C15H21N7O2. The Morgan fingerprint density at radius 3 is 2.79 bits per heavy atom. The molecule has 2 aromatic rings. The third kappa shape index (κ3) is 3.85. The van der Waals surface area contributed by atoms with Crippen LogP contribution in [-0.4, -0.2) is 61.0 Å². The van der Waals surface area contributed by atoms with Crippen LogP contribution in [-0.2, 0) is 11.3 Å². The molecule has 2 atom stereocenters. The lowest BCUT2D eigenvalue weighted by Crippen LogP contribution is -2.21. The number of rotatable bonds is 7. The summed E-state index contributed by atoms with van der Waals surface area (Å²) < 4.78 is 0. The Morgan fingerprint density at radius 1 is 1.38 bits per heavy atom. The Hall–Kier alpha value is -2.55. The van der Waals surface area contributed by atoms with E-state index in [0.717, 1.165) is 24.3 Å². The summed E-state index contributed by atoms with van der Waals surface area (Å²) in [5, 5.41) is 22.8. The molecule has 0 unspecified atom stereocenters. The number of hydrogen-bond acceptors (Lipinski definition) is 7. The molecule has 0 aromatic carbocycles. The number of hydrogen-bond donors (Lipinski definition) is 3. The van der Waals surface area contributed by atoms with E-state index in [-0.39, 0.29) is 18.3 Å². The predicted octanol–water partition coefficient (Wildman–Crippen LogP) is 0.717. The quantitative estimate of drug-likeness (QED) is 0.679. The van der Waals surface area contributed by atoms with Gasteiger partial charge in [-0.1, -0.05) is 0 Å². The molecule has 1 saturated heterocycles. The smallest absolute Gasteiger partial charge is 0.303 e. The second-order valence-corrected chi connectivity index (χ2v) is 6.00. The van der Waals surface area contributed by atoms with Crippen molar-refractivity contribution in [1.29, 1.82) is 0 Å². The standard InChI is InChI=1S/C15H21N7O2/c1-2-16-15-17-4-10(5-18-15)7-22-8-11(3-14(23)24)12(9-22)13-6-19-21-20-13/h4-6,11-12H,2-3,7-9H2,1H3,(H,23,24)(H,16,17,18)(H,19,20,21)/t11-,12+/m0/s1. The number of aliphatic carboxylic acids is 1. The zero-order chi connectivity index (χ0) is 16.9. The first-order chi connectivity index (χ1) is 11.7. The molecule has 0 radical (unpaired) electrons. The summed E-state index contributed by atoms with van der Waals surface area (Å²) in [6.07, 6.45) is 5.42. The summed E-state index contributed by atoms with van der Waals surface area (Å²) in [7, 11) is 0. The lowest BCUT2D eigenvalue weighted by molar-refractivity contribution is -0.138. The van der Waals surface area contributed by atoms with Crippen molar-refractivity contribution < 1.29 is 9.90 Å². The zero-order valence-electron chi connectivity index (χ0n) is 13.5. The Bertz CT molecular complexity index is 659. The van der Waals surface area contributed by atoms with Crippen molar-refractivity contribution in [3.63, 3.8) is 0 Å². The maximum atomic E-state index is 11.1. The fourth-order valence-electron chi connectivity index (χ4n) is 3.19. The fraction of sp³-hybridized carbons (Fsp3) is 0.533. The van der Waals surface area contributed by atoms with E-state index in [1.165, 1.54) is 0 Å². The van der Waals surface area contributed by atoms with Crippen LogP contribution >= 0.6 is 0 Å². The Labute approximate surface area is 139 Å². The van der Waals surface area contributed by atoms with Gasteiger partial charge in [-0.25, -0.2) is 9.97 Å². The summed E-state index contributed by atoms with van der Waals surface area (Å²) >= 11 is 0. The van der Waals surface area contributed by atoms with Gasteiger partial charge in [0.05, 0.1) is 18.3 Å². The van der Waals surface area contributed by atoms with Gasteiger partial charge in [0.1, 0.15) is 0 Å². The van der Waals surface area contributed by atoms with E-state index < -0.39 is 5.97 Å². The monoisotopic (exact) mass is 331 g/mol. The maximum Gasteiger partial charge on any atom is 0.303 e. The number of carbonyl (C=O) groups is 1. The van der Waals surface area contributed by atoms with Crippen LogP contribution in [0.3, 0.4) is 0 Å². The van der Waals surface area contributed by atoms with Crippen LogP contribution in [0.5, 0.6) is 0 Å². The van der Waals surface area contributed by atoms with Crippen molar-refractivity contribution in [2.75, 3.05) is 25.0 Å². The van der Waals surface area contributed by atoms with Gasteiger partial charge < -0.3 is 10.4 Å². The van der Waals surface area contributed by atoms with Crippen molar-refractivity contribution in [3.05, 3.63) is 29.8 Å². The summed E-state index contributed by atoms with van der Waals surface area (Å²) in [6, 6.07) is 0. The molecule has 0 amide bonds. The van der Waals surface area contributed by atoms with Crippen molar-refractivity contribution in [3.8, 4) is 0 Å². The molecule has 1 aliphatic heterocycles. The molecule has 3 rings (SSSR count). The molecule has 3 heterocycles. The highest BCUT2D eigenvalue weighted by molar-refractivity contribution is 5.67. The molecule has 1 aliphatic rings. The number of H-pyrrole nitrogens is 1. The second kappa shape index (κ2) is 7.35. The summed E-state index contributed by atoms with van der Waals surface area (Å²) in [6.45, 7) is 4.92. The third-order valence-electron chi connectivity index (χ3n) is 4.21. The molecular weight excluding hydrogens is 310 g/mol. The number of aromatic nitrogens is 5. The highest BCUT2D eigenvalue weighted by atomic mass is 16.4. The van der Waals surface area contributed by atoms with E-state index in [0.29, 0.717) is 19.0 Å². The lowest BCUT2D eigenvalue weighted by Gasteiger charge is -2.15. The number of likely N-dealkylation sites (tertiary alicyclic amines) is 1. The minimum absolute atomic E-state index is 0.0227. The molecule has 0 saturated carbocycles. The molecule has 9 heteroatoms. The molecule has 0 spiro atoms. The minimum Gasteiger partial charge on any atom is -0.481 e. The molecule has 3 N–H and O–H groups in total. The van der Waals surface area contributed by atoms with Crippen molar-refractivity contribution >= 4 is 11.9 Å². The largest absolute Gasteiger partial charge is 0.481 e. The van der Waals surface area contributed by atoms with Crippen molar-refractivity contribution in [2.45, 2.75) is 25.8 Å². The van der Waals surface area contributed by atoms with E-state index in [9.17, 15) is 4.79 Å². The van der Waals surface area contributed by atoms with Gasteiger partial charge in [0.2, 0.25) is 5.95 Å². The normalized spacial score (nSPS) is 21.0. The SMILES string of the molecule is CCNc1ncc(CN2C[C@H](CC(=O)O)[C@H](c3cn[nH]n3)C2)cn1. The highest BCUT2D eigenvalue weighted by Crippen LogP contribution is 2.34. The number of anilines is 1. The van der Waals surface area contributed by atoms with Crippen molar-refractivity contribution in [1.82, 2.24) is 30.3 Å². The van der Waals surface area contributed by atoms with Gasteiger partial charge >= 0.3 is 5.97 Å². The molecule has 128 valence electrons. The Kier molecular flexibility index (Phi) is 4.99. The van der Waals surface area contributed by atoms with Crippen LogP contribution in [0.1, 0.15) is 30.5 Å². The Morgan fingerprint density at radius 2 is 2.17 bits per heavy atom.